The third-order valence-electron chi connectivity index (χ3n) is 9.02. The minimum absolute atomic E-state index is 0.423. The quantitative estimate of drug-likeness (QED) is 0.517. The molecule has 0 radical (unpaired) electrons. The molecule has 1 heterocycles. The first-order valence-electron chi connectivity index (χ1n) is 10.9. The lowest BCUT2D eigenvalue weighted by Gasteiger charge is -2.59. The predicted molar refractivity (Wildman–Crippen MR) is 108 cm³/mol. The van der Waals surface area contributed by atoms with E-state index in [4.69, 9.17) is 0 Å². The molecule has 1 aromatic rings. The Morgan fingerprint density at radius 3 is 2.81 bits per heavy atom. The Kier molecular flexibility index (Phi) is 3.92. The van der Waals surface area contributed by atoms with E-state index in [2.05, 4.69) is 49.2 Å². The van der Waals surface area contributed by atoms with Crippen molar-refractivity contribution in [1.82, 2.24) is 4.98 Å². The summed E-state index contributed by atoms with van der Waals surface area (Å²) < 4.78 is 0. The molecule has 0 unspecified atom stereocenters. The van der Waals surface area contributed by atoms with Gasteiger partial charge in [-0.05, 0) is 104 Å². The van der Waals surface area contributed by atoms with Crippen LogP contribution in [0.25, 0.3) is 6.08 Å². The molecule has 0 amide bonds. The van der Waals surface area contributed by atoms with Gasteiger partial charge in [-0.3, -0.25) is 4.98 Å². The second kappa shape index (κ2) is 6.08. The van der Waals surface area contributed by atoms with E-state index in [9.17, 15) is 0 Å². The number of allylic oxidation sites excluding steroid dienone is 3. The Bertz CT molecular complexity index is 732. The van der Waals surface area contributed by atoms with Crippen LogP contribution in [0.2, 0.25) is 0 Å². The molecule has 6 atom stereocenters. The van der Waals surface area contributed by atoms with Gasteiger partial charge < -0.3 is 0 Å². The SMILES string of the molecule is C[C@]12CCC=C[C@@H]1CC[C@@H]1[C@@H]2CC[C@]2(C)/C(=C/c3ccccn3)CC[C@@H]12. The van der Waals surface area contributed by atoms with E-state index in [-0.39, 0.29) is 0 Å². The highest BCUT2D eigenvalue weighted by atomic mass is 14.7. The Labute approximate surface area is 159 Å². The van der Waals surface area contributed by atoms with E-state index < -0.39 is 0 Å². The fourth-order valence-corrected chi connectivity index (χ4v) is 7.55. The van der Waals surface area contributed by atoms with Gasteiger partial charge in [0.2, 0.25) is 0 Å². The summed E-state index contributed by atoms with van der Waals surface area (Å²) in [4.78, 5) is 4.57. The smallest absolute Gasteiger partial charge is 0.0629 e. The van der Waals surface area contributed by atoms with E-state index >= 15 is 0 Å². The average Bonchev–Trinajstić information content (AvgIpc) is 2.98. The van der Waals surface area contributed by atoms with Crippen LogP contribution < -0.4 is 0 Å². The lowest BCUT2D eigenvalue weighted by atomic mass is 9.46. The summed E-state index contributed by atoms with van der Waals surface area (Å²) in [7, 11) is 0. The number of aromatic nitrogens is 1. The van der Waals surface area contributed by atoms with Crippen molar-refractivity contribution in [2.24, 2.45) is 34.5 Å². The molecule has 26 heavy (non-hydrogen) atoms. The van der Waals surface area contributed by atoms with Gasteiger partial charge in [-0.15, -0.1) is 0 Å². The van der Waals surface area contributed by atoms with Crippen LogP contribution in [0.15, 0.2) is 42.1 Å². The molecule has 0 bridgehead atoms. The Hall–Kier alpha value is -1.37. The van der Waals surface area contributed by atoms with Crippen LogP contribution in [0, 0.1) is 34.5 Å². The van der Waals surface area contributed by atoms with Crippen LogP contribution in [-0.4, -0.2) is 4.98 Å². The van der Waals surface area contributed by atoms with Gasteiger partial charge in [0.25, 0.3) is 0 Å². The van der Waals surface area contributed by atoms with Crippen LogP contribution in [0.1, 0.15) is 70.9 Å². The first-order valence-corrected chi connectivity index (χ1v) is 10.9. The van der Waals surface area contributed by atoms with Gasteiger partial charge in [0.15, 0.2) is 0 Å². The molecule has 0 aliphatic heterocycles. The second-order valence-electron chi connectivity index (χ2n) is 9.95. The fraction of sp³-hybridized carbons (Fsp3) is 0.640. The number of rotatable bonds is 1. The summed E-state index contributed by atoms with van der Waals surface area (Å²) >= 11 is 0. The van der Waals surface area contributed by atoms with Crippen molar-refractivity contribution in [1.29, 1.82) is 0 Å². The van der Waals surface area contributed by atoms with Crippen molar-refractivity contribution in [2.75, 3.05) is 0 Å². The van der Waals surface area contributed by atoms with Crippen molar-refractivity contribution >= 4 is 6.08 Å². The number of fused-ring (bicyclic) bond motifs is 5. The van der Waals surface area contributed by atoms with Crippen molar-refractivity contribution in [2.45, 2.75) is 65.2 Å². The fourth-order valence-electron chi connectivity index (χ4n) is 7.55. The molecule has 5 rings (SSSR count). The molecule has 138 valence electrons. The average molecular weight is 348 g/mol. The first-order chi connectivity index (χ1) is 12.6. The highest BCUT2D eigenvalue weighted by Gasteiger charge is 2.57. The van der Waals surface area contributed by atoms with Crippen LogP contribution in [0.5, 0.6) is 0 Å². The molecule has 0 aromatic carbocycles. The molecule has 3 saturated carbocycles. The molecule has 1 aromatic heterocycles. The van der Waals surface area contributed by atoms with Gasteiger partial charge in [-0.1, -0.05) is 37.6 Å². The minimum Gasteiger partial charge on any atom is -0.257 e. The summed E-state index contributed by atoms with van der Waals surface area (Å²) in [6.45, 7) is 5.23. The highest BCUT2D eigenvalue weighted by molar-refractivity contribution is 5.52. The van der Waals surface area contributed by atoms with Gasteiger partial charge >= 0.3 is 0 Å². The first kappa shape index (κ1) is 16.8. The summed E-state index contributed by atoms with van der Waals surface area (Å²) in [5, 5.41) is 0. The van der Waals surface area contributed by atoms with Crippen molar-refractivity contribution in [3.8, 4) is 0 Å². The van der Waals surface area contributed by atoms with Gasteiger partial charge in [-0.25, -0.2) is 0 Å². The molecule has 0 N–H and O–H groups in total. The number of nitrogens with zero attached hydrogens (tertiary/aromatic N) is 1. The molecule has 1 nitrogen and oxygen atoms in total. The number of hydrogen-bond acceptors (Lipinski definition) is 1. The van der Waals surface area contributed by atoms with E-state index in [1.165, 1.54) is 51.4 Å². The Balaban J connectivity index is 1.45. The zero-order valence-electron chi connectivity index (χ0n) is 16.5. The van der Waals surface area contributed by atoms with Gasteiger partial charge in [0, 0.05) is 6.20 Å². The molecular formula is C25H33N. The van der Waals surface area contributed by atoms with Crippen LogP contribution >= 0.6 is 0 Å². The Morgan fingerprint density at radius 1 is 1.04 bits per heavy atom. The molecule has 0 spiro atoms. The van der Waals surface area contributed by atoms with E-state index in [0.29, 0.717) is 10.8 Å². The molecule has 4 aliphatic carbocycles. The van der Waals surface area contributed by atoms with Crippen LogP contribution in [0.4, 0.5) is 0 Å². The topological polar surface area (TPSA) is 12.9 Å². The maximum absolute atomic E-state index is 4.57. The van der Waals surface area contributed by atoms with Crippen LogP contribution in [-0.2, 0) is 0 Å². The van der Waals surface area contributed by atoms with Gasteiger partial charge in [0.05, 0.1) is 5.69 Å². The summed E-state index contributed by atoms with van der Waals surface area (Å²) in [6, 6.07) is 6.30. The standard InChI is InChI=1S/C25H33N/c1-24-14-5-3-7-18(24)9-11-21-22-12-10-19(17-20-8-4-6-16-26-20)25(22,2)15-13-23(21)24/h3-4,6-8,16-18,21-23H,5,9-15H2,1-2H3/b19-17+/t18-,21+,22+,23+,24+,25-/m1/s1. The third-order valence-corrected chi connectivity index (χ3v) is 9.02. The van der Waals surface area contributed by atoms with Crippen LogP contribution in [0.3, 0.4) is 0 Å². The summed E-state index contributed by atoms with van der Waals surface area (Å²) in [6.07, 6.45) is 20.6. The molecular weight excluding hydrogens is 314 g/mol. The minimum atomic E-state index is 0.423. The zero-order chi connectivity index (χ0) is 17.8. The van der Waals surface area contributed by atoms with Crippen molar-refractivity contribution in [3.05, 3.63) is 47.8 Å². The lowest BCUT2D eigenvalue weighted by molar-refractivity contribution is -0.0737. The van der Waals surface area contributed by atoms with E-state index in [1.54, 1.807) is 5.57 Å². The van der Waals surface area contributed by atoms with E-state index in [0.717, 1.165) is 29.4 Å². The second-order valence-corrected chi connectivity index (χ2v) is 9.95. The monoisotopic (exact) mass is 347 g/mol. The normalized spacial score (nSPS) is 45.8. The van der Waals surface area contributed by atoms with Crippen molar-refractivity contribution < 1.29 is 0 Å². The lowest BCUT2D eigenvalue weighted by Crippen LogP contribution is -2.51. The van der Waals surface area contributed by atoms with Gasteiger partial charge in [0.1, 0.15) is 0 Å². The molecule has 0 saturated heterocycles. The molecule has 3 fully saturated rings. The Morgan fingerprint density at radius 2 is 1.96 bits per heavy atom. The summed E-state index contributed by atoms with van der Waals surface area (Å²) in [5.41, 5.74) is 3.84. The predicted octanol–water partition coefficient (Wildman–Crippen LogP) is 6.67. The number of pyridine rings is 1. The van der Waals surface area contributed by atoms with Gasteiger partial charge in [-0.2, -0.15) is 0 Å². The maximum atomic E-state index is 4.57. The van der Waals surface area contributed by atoms with E-state index in [1.807, 2.05) is 12.3 Å². The zero-order valence-corrected chi connectivity index (χ0v) is 16.5. The largest absolute Gasteiger partial charge is 0.257 e. The molecule has 1 heteroatoms. The third kappa shape index (κ3) is 2.38. The van der Waals surface area contributed by atoms with Crippen molar-refractivity contribution in [3.63, 3.8) is 0 Å². The molecule has 4 aliphatic rings. The maximum Gasteiger partial charge on any atom is 0.0629 e. The summed E-state index contributed by atoms with van der Waals surface area (Å²) in [5.74, 6) is 3.67. The highest BCUT2D eigenvalue weighted by Crippen LogP contribution is 2.66. The number of hydrogen-bond donors (Lipinski definition) is 0.